The monoisotopic (exact) mass is 343 g/mol. The van der Waals surface area contributed by atoms with Gasteiger partial charge in [-0.05, 0) is 18.2 Å². The molecule has 0 spiro atoms. The number of rotatable bonds is 3. The summed E-state index contributed by atoms with van der Waals surface area (Å²) in [5, 5.41) is 13.0. The number of phenolic OH excluding ortho intramolecular Hbond substituents is 1. The van der Waals surface area contributed by atoms with Crippen LogP contribution in [0.25, 0.3) is 28.1 Å². The molecule has 0 aliphatic heterocycles. The molecule has 2 N–H and O–H groups in total. The lowest BCUT2D eigenvalue weighted by Crippen LogP contribution is -2.05. The average Bonchev–Trinajstić information content (AvgIpc) is 3.01. The molecule has 5 nitrogen and oxygen atoms in total. The minimum atomic E-state index is -0.245. The van der Waals surface area contributed by atoms with Gasteiger partial charge < -0.3 is 10.4 Å². The first-order chi connectivity index (χ1) is 12.6. The molecule has 1 aromatic heterocycles. The number of hydrogen-bond acceptors (Lipinski definition) is 3. The topological polar surface area (TPSA) is 67.2 Å². The van der Waals surface area contributed by atoms with Crippen molar-refractivity contribution in [3.63, 3.8) is 0 Å². The van der Waals surface area contributed by atoms with Crippen LogP contribution in [0.15, 0.2) is 72.8 Å². The third-order valence-electron chi connectivity index (χ3n) is 4.13. The quantitative estimate of drug-likeness (QED) is 0.543. The molecule has 0 aliphatic carbocycles. The Balaban J connectivity index is 2.02. The number of nitrogens with one attached hydrogen (secondary N) is 1. The zero-order chi connectivity index (χ0) is 18.1. The predicted octanol–water partition coefficient (Wildman–Crippen LogP) is 4.36. The molecule has 1 heterocycles. The van der Waals surface area contributed by atoms with Crippen LogP contribution in [0.4, 0.5) is 5.69 Å². The molecule has 1 amide bonds. The van der Waals surface area contributed by atoms with Gasteiger partial charge in [0.05, 0.1) is 16.7 Å². The second kappa shape index (κ2) is 6.37. The fraction of sp³-hybridized carbons (Fsp3) is 0.0476. The molecule has 0 bridgehead atoms. The van der Waals surface area contributed by atoms with Gasteiger partial charge in [0.15, 0.2) is 0 Å². The molecule has 0 atom stereocenters. The summed E-state index contributed by atoms with van der Waals surface area (Å²) in [6.07, 6.45) is 0. The number of para-hydroxylation sites is 1. The summed E-state index contributed by atoms with van der Waals surface area (Å²) in [6.45, 7) is 1.40. The number of fused-ring (bicyclic) bond motifs is 1. The lowest BCUT2D eigenvalue weighted by Gasteiger charge is -2.10. The van der Waals surface area contributed by atoms with Gasteiger partial charge in [0.1, 0.15) is 11.6 Å². The normalized spacial score (nSPS) is 10.8. The fourth-order valence-corrected chi connectivity index (χ4v) is 3.02. The second-order valence-electron chi connectivity index (χ2n) is 6.01. The van der Waals surface area contributed by atoms with Crippen LogP contribution in [-0.2, 0) is 4.79 Å². The maximum atomic E-state index is 11.4. The molecular weight excluding hydrogens is 326 g/mol. The summed E-state index contributed by atoms with van der Waals surface area (Å²) >= 11 is 0. The zero-order valence-electron chi connectivity index (χ0n) is 14.2. The number of anilines is 1. The molecule has 4 rings (SSSR count). The van der Waals surface area contributed by atoms with E-state index in [1.165, 1.54) is 6.92 Å². The number of nitrogens with zero attached hydrogens (tertiary/aromatic N) is 2. The first-order valence-corrected chi connectivity index (χ1v) is 8.27. The molecule has 0 saturated carbocycles. The Morgan fingerprint density at radius 3 is 2.31 bits per heavy atom. The van der Waals surface area contributed by atoms with Crippen LogP contribution in [0.3, 0.4) is 0 Å². The van der Waals surface area contributed by atoms with Gasteiger partial charge in [0.2, 0.25) is 5.91 Å². The second-order valence-corrected chi connectivity index (χ2v) is 6.01. The number of aromatic hydroxyl groups is 1. The van der Waals surface area contributed by atoms with Crippen LogP contribution >= 0.6 is 0 Å². The first-order valence-electron chi connectivity index (χ1n) is 8.27. The van der Waals surface area contributed by atoms with Crippen LogP contribution in [0.2, 0.25) is 0 Å². The van der Waals surface area contributed by atoms with Crippen molar-refractivity contribution >= 4 is 22.6 Å². The standard InChI is InChI=1S/C21H17N3O2/c1-14(25)22-18-12-17-19(13-20(18)26)24(16-10-6-3-7-11-16)21(23-17)15-8-4-2-5-9-15/h2-13,26H,1H3,(H,22,25). The molecular formula is C21H17N3O2. The summed E-state index contributed by atoms with van der Waals surface area (Å²) in [5.74, 6) is 0.529. The van der Waals surface area contributed by atoms with E-state index in [0.29, 0.717) is 11.2 Å². The molecule has 0 saturated heterocycles. The average molecular weight is 343 g/mol. The molecule has 3 aromatic carbocycles. The van der Waals surface area contributed by atoms with Gasteiger partial charge in [-0.2, -0.15) is 0 Å². The highest BCUT2D eigenvalue weighted by Gasteiger charge is 2.17. The van der Waals surface area contributed by atoms with Crippen molar-refractivity contribution in [1.29, 1.82) is 0 Å². The van der Waals surface area contributed by atoms with Crippen LogP contribution in [0.1, 0.15) is 6.92 Å². The van der Waals surface area contributed by atoms with E-state index in [4.69, 9.17) is 4.98 Å². The predicted molar refractivity (Wildman–Crippen MR) is 102 cm³/mol. The van der Waals surface area contributed by atoms with Crippen LogP contribution in [0, 0.1) is 0 Å². The smallest absolute Gasteiger partial charge is 0.221 e. The minimum absolute atomic E-state index is 0.00407. The Morgan fingerprint density at radius 1 is 1.00 bits per heavy atom. The Kier molecular flexibility index (Phi) is 3.89. The summed E-state index contributed by atoms with van der Waals surface area (Å²) in [4.78, 5) is 16.1. The van der Waals surface area contributed by atoms with Gasteiger partial charge in [0, 0.05) is 24.2 Å². The van der Waals surface area contributed by atoms with Crippen molar-refractivity contribution in [2.75, 3.05) is 5.32 Å². The maximum Gasteiger partial charge on any atom is 0.221 e. The molecule has 26 heavy (non-hydrogen) atoms. The Bertz CT molecular complexity index is 1090. The SMILES string of the molecule is CC(=O)Nc1cc2nc(-c3ccccc3)n(-c3ccccc3)c2cc1O. The molecule has 5 heteroatoms. The Labute approximate surface area is 150 Å². The van der Waals surface area contributed by atoms with Gasteiger partial charge in [-0.15, -0.1) is 0 Å². The van der Waals surface area contributed by atoms with Gasteiger partial charge in [-0.25, -0.2) is 4.98 Å². The van der Waals surface area contributed by atoms with E-state index in [1.54, 1.807) is 12.1 Å². The van der Waals surface area contributed by atoms with E-state index < -0.39 is 0 Å². The van der Waals surface area contributed by atoms with Crippen molar-refractivity contribution in [1.82, 2.24) is 9.55 Å². The number of amides is 1. The number of carbonyl (C=O) groups excluding carboxylic acids is 1. The highest BCUT2D eigenvalue weighted by atomic mass is 16.3. The number of aromatic nitrogens is 2. The molecule has 0 aliphatic rings. The van der Waals surface area contributed by atoms with E-state index in [-0.39, 0.29) is 11.7 Å². The molecule has 128 valence electrons. The summed E-state index contributed by atoms with van der Waals surface area (Å²) in [5.41, 5.74) is 3.71. The van der Waals surface area contributed by atoms with Crippen LogP contribution in [-0.4, -0.2) is 20.6 Å². The highest BCUT2D eigenvalue weighted by molar-refractivity contribution is 5.95. The van der Waals surface area contributed by atoms with Gasteiger partial charge in [0.25, 0.3) is 0 Å². The van der Waals surface area contributed by atoms with Gasteiger partial charge in [-0.3, -0.25) is 9.36 Å². The zero-order valence-corrected chi connectivity index (χ0v) is 14.2. The third-order valence-corrected chi connectivity index (χ3v) is 4.13. The molecule has 0 unspecified atom stereocenters. The van der Waals surface area contributed by atoms with E-state index in [0.717, 1.165) is 22.6 Å². The van der Waals surface area contributed by atoms with Crippen molar-refractivity contribution in [2.24, 2.45) is 0 Å². The Hall–Kier alpha value is -3.60. The molecule has 0 fully saturated rings. The van der Waals surface area contributed by atoms with E-state index >= 15 is 0 Å². The lowest BCUT2D eigenvalue weighted by molar-refractivity contribution is -0.114. The summed E-state index contributed by atoms with van der Waals surface area (Å²) in [6, 6.07) is 23.1. The van der Waals surface area contributed by atoms with E-state index in [9.17, 15) is 9.90 Å². The number of carbonyl (C=O) groups is 1. The number of phenols is 1. The molecule has 0 radical (unpaired) electrons. The van der Waals surface area contributed by atoms with Crippen LogP contribution < -0.4 is 5.32 Å². The van der Waals surface area contributed by atoms with Gasteiger partial charge >= 0.3 is 0 Å². The minimum Gasteiger partial charge on any atom is -0.506 e. The lowest BCUT2D eigenvalue weighted by atomic mass is 10.2. The van der Waals surface area contributed by atoms with Crippen molar-refractivity contribution < 1.29 is 9.90 Å². The Morgan fingerprint density at radius 2 is 1.65 bits per heavy atom. The number of imidazole rings is 1. The van der Waals surface area contributed by atoms with E-state index in [1.807, 2.05) is 65.2 Å². The van der Waals surface area contributed by atoms with E-state index in [2.05, 4.69) is 5.32 Å². The number of benzene rings is 3. The third kappa shape index (κ3) is 2.80. The maximum absolute atomic E-state index is 11.4. The first kappa shape index (κ1) is 15.9. The van der Waals surface area contributed by atoms with Gasteiger partial charge in [-0.1, -0.05) is 48.5 Å². The van der Waals surface area contributed by atoms with Crippen molar-refractivity contribution in [3.05, 3.63) is 72.8 Å². The number of hydrogen-bond donors (Lipinski definition) is 2. The largest absolute Gasteiger partial charge is 0.506 e. The fourth-order valence-electron chi connectivity index (χ4n) is 3.02. The van der Waals surface area contributed by atoms with Crippen LogP contribution in [0.5, 0.6) is 5.75 Å². The summed E-state index contributed by atoms with van der Waals surface area (Å²) < 4.78 is 2.00. The highest BCUT2D eigenvalue weighted by Crippen LogP contribution is 2.34. The summed E-state index contributed by atoms with van der Waals surface area (Å²) in [7, 11) is 0. The van der Waals surface area contributed by atoms with Crippen molar-refractivity contribution in [3.8, 4) is 22.8 Å². The van der Waals surface area contributed by atoms with Crippen molar-refractivity contribution in [2.45, 2.75) is 6.92 Å². The molecule has 4 aromatic rings.